The largest absolute Gasteiger partial charge is 0.329 e. The van der Waals surface area contributed by atoms with Crippen molar-refractivity contribution < 1.29 is 0 Å². The van der Waals surface area contributed by atoms with E-state index in [1.807, 2.05) is 18.8 Å². The highest BCUT2D eigenvalue weighted by atomic mass is 32.2. The predicted octanol–water partition coefficient (Wildman–Crippen LogP) is 0.429. The van der Waals surface area contributed by atoms with Crippen LogP contribution >= 0.6 is 11.8 Å². The summed E-state index contributed by atoms with van der Waals surface area (Å²) in [6.45, 7) is 3.01. The Morgan fingerprint density at radius 2 is 2.50 bits per heavy atom. The maximum atomic E-state index is 5.69. The molecule has 3 heteroatoms. The van der Waals surface area contributed by atoms with Crippen LogP contribution in [0.25, 0.3) is 0 Å². The summed E-state index contributed by atoms with van der Waals surface area (Å²) in [5.41, 5.74) is 5.92. The van der Waals surface area contributed by atoms with E-state index in [1.54, 1.807) is 0 Å². The molecule has 0 radical (unpaired) electrons. The standard InChI is InChI=1S/C7H16N2S/c1-6-7(5-8,9-2)3-4-10-6/h6,9H,3-5,8H2,1-2H3. The van der Waals surface area contributed by atoms with Crippen molar-refractivity contribution in [3.8, 4) is 0 Å². The minimum Gasteiger partial charge on any atom is -0.329 e. The Morgan fingerprint density at radius 1 is 1.80 bits per heavy atom. The zero-order valence-corrected chi connectivity index (χ0v) is 7.50. The molecule has 1 aliphatic heterocycles. The van der Waals surface area contributed by atoms with Gasteiger partial charge in [-0.1, -0.05) is 6.92 Å². The van der Waals surface area contributed by atoms with E-state index in [0.717, 1.165) is 6.54 Å². The fourth-order valence-electron chi connectivity index (χ4n) is 1.48. The first-order valence-electron chi connectivity index (χ1n) is 3.76. The Labute approximate surface area is 66.9 Å². The Hall–Kier alpha value is 0.270. The number of likely N-dealkylation sites (N-methyl/N-ethyl adjacent to an activating group) is 1. The molecular weight excluding hydrogens is 144 g/mol. The second-order valence-electron chi connectivity index (χ2n) is 2.87. The maximum Gasteiger partial charge on any atom is 0.0426 e. The minimum absolute atomic E-state index is 0.227. The van der Waals surface area contributed by atoms with Gasteiger partial charge >= 0.3 is 0 Å². The van der Waals surface area contributed by atoms with Gasteiger partial charge in [0, 0.05) is 17.3 Å². The van der Waals surface area contributed by atoms with Crippen molar-refractivity contribution in [1.29, 1.82) is 0 Å². The van der Waals surface area contributed by atoms with Gasteiger partial charge in [0.1, 0.15) is 0 Å². The molecule has 2 atom stereocenters. The average molecular weight is 160 g/mol. The van der Waals surface area contributed by atoms with Gasteiger partial charge in [0.15, 0.2) is 0 Å². The fraction of sp³-hybridized carbons (Fsp3) is 1.00. The van der Waals surface area contributed by atoms with Crippen LogP contribution < -0.4 is 11.1 Å². The summed E-state index contributed by atoms with van der Waals surface area (Å²) < 4.78 is 0. The van der Waals surface area contributed by atoms with Crippen LogP contribution in [0.2, 0.25) is 0 Å². The van der Waals surface area contributed by atoms with E-state index in [2.05, 4.69) is 12.2 Å². The zero-order valence-electron chi connectivity index (χ0n) is 6.68. The molecule has 1 aliphatic rings. The lowest BCUT2D eigenvalue weighted by molar-refractivity contribution is 0.362. The summed E-state index contributed by atoms with van der Waals surface area (Å²) in [6, 6.07) is 0. The predicted molar refractivity (Wildman–Crippen MR) is 47.4 cm³/mol. The van der Waals surface area contributed by atoms with Gasteiger partial charge in [0.2, 0.25) is 0 Å². The Bertz CT molecular complexity index is 112. The lowest BCUT2D eigenvalue weighted by Gasteiger charge is -2.30. The van der Waals surface area contributed by atoms with Gasteiger partial charge in [-0.25, -0.2) is 0 Å². The quantitative estimate of drug-likeness (QED) is 0.615. The first-order chi connectivity index (χ1) is 4.75. The van der Waals surface area contributed by atoms with Crippen LogP contribution in [0.5, 0.6) is 0 Å². The third-order valence-corrected chi connectivity index (χ3v) is 3.95. The third kappa shape index (κ3) is 1.18. The first-order valence-corrected chi connectivity index (χ1v) is 4.80. The normalized spacial score (nSPS) is 40.5. The van der Waals surface area contributed by atoms with E-state index in [1.165, 1.54) is 12.2 Å². The van der Waals surface area contributed by atoms with Crippen molar-refractivity contribution in [1.82, 2.24) is 5.32 Å². The molecule has 2 unspecified atom stereocenters. The lowest BCUT2D eigenvalue weighted by atomic mass is 9.93. The highest BCUT2D eigenvalue weighted by molar-refractivity contribution is 8.00. The van der Waals surface area contributed by atoms with Crippen LogP contribution in [0, 0.1) is 0 Å². The van der Waals surface area contributed by atoms with Crippen LogP contribution in [0.15, 0.2) is 0 Å². The molecule has 0 aromatic heterocycles. The van der Waals surface area contributed by atoms with Crippen molar-refractivity contribution in [2.45, 2.75) is 24.1 Å². The zero-order chi connectivity index (χ0) is 7.61. The minimum atomic E-state index is 0.227. The molecule has 2 nitrogen and oxygen atoms in total. The molecule has 0 amide bonds. The van der Waals surface area contributed by atoms with Crippen LogP contribution in [-0.4, -0.2) is 30.1 Å². The van der Waals surface area contributed by atoms with Crippen molar-refractivity contribution in [3.05, 3.63) is 0 Å². The van der Waals surface area contributed by atoms with Gasteiger partial charge in [-0.2, -0.15) is 11.8 Å². The summed E-state index contributed by atoms with van der Waals surface area (Å²) in [7, 11) is 2.01. The summed E-state index contributed by atoms with van der Waals surface area (Å²) >= 11 is 2.01. The molecule has 1 saturated heterocycles. The van der Waals surface area contributed by atoms with Gasteiger partial charge in [-0.05, 0) is 19.2 Å². The van der Waals surface area contributed by atoms with Gasteiger partial charge < -0.3 is 11.1 Å². The molecule has 10 heavy (non-hydrogen) atoms. The fourth-order valence-corrected chi connectivity index (χ4v) is 2.97. The van der Waals surface area contributed by atoms with Crippen molar-refractivity contribution in [3.63, 3.8) is 0 Å². The van der Waals surface area contributed by atoms with Gasteiger partial charge in [0.05, 0.1) is 0 Å². The molecule has 1 rings (SSSR count). The van der Waals surface area contributed by atoms with E-state index in [4.69, 9.17) is 5.73 Å². The Balaban J connectivity index is 2.61. The molecule has 60 valence electrons. The molecule has 0 aromatic rings. The molecule has 3 N–H and O–H groups in total. The van der Waals surface area contributed by atoms with E-state index < -0.39 is 0 Å². The summed E-state index contributed by atoms with van der Waals surface area (Å²) in [5.74, 6) is 1.25. The van der Waals surface area contributed by atoms with Crippen LogP contribution in [-0.2, 0) is 0 Å². The van der Waals surface area contributed by atoms with Crippen LogP contribution in [0.1, 0.15) is 13.3 Å². The van der Waals surface area contributed by atoms with E-state index in [0.29, 0.717) is 5.25 Å². The lowest BCUT2D eigenvalue weighted by Crippen LogP contribution is -2.53. The monoisotopic (exact) mass is 160 g/mol. The van der Waals surface area contributed by atoms with Crippen molar-refractivity contribution >= 4 is 11.8 Å². The van der Waals surface area contributed by atoms with Crippen LogP contribution in [0.4, 0.5) is 0 Å². The summed E-state index contributed by atoms with van der Waals surface area (Å²) in [6.07, 6.45) is 1.21. The molecule has 1 heterocycles. The second kappa shape index (κ2) is 3.11. The smallest absolute Gasteiger partial charge is 0.0426 e. The van der Waals surface area contributed by atoms with Gasteiger partial charge in [0.25, 0.3) is 0 Å². The number of hydrogen-bond donors (Lipinski definition) is 2. The van der Waals surface area contributed by atoms with E-state index in [9.17, 15) is 0 Å². The Morgan fingerprint density at radius 3 is 2.70 bits per heavy atom. The second-order valence-corrected chi connectivity index (χ2v) is 4.32. The molecule has 0 aromatic carbocycles. The van der Waals surface area contributed by atoms with E-state index >= 15 is 0 Å². The molecule has 0 bridgehead atoms. The van der Waals surface area contributed by atoms with Gasteiger partial charge in [-0.15, -0.1) is 0 Å². The summed E-state index contributed by atoms with van der Waals surface area (Å²) in [5, 5.41) is 4.00. The van der Waals surface area contributed by atoms with Crippen molar-refractivity contribution in [2.24, 2.45) is 5.73 Å². The van der Waals surface area contributed by atoms with Gasteiger partial charge in [-0.3, -0.25) is 0 Å². The maximum absolute atomic E-state index is 5.69. The number of rotatable bonds is 2. The Kier molecular flexibility index (Phi) is 2.61. The average Bonchev–Trinajstić information content (AvgIpc) is 2.32. The number of nitrogens with two attached hydrogens (primary N) is 1. The van der Waals surface area contributed by atoms with Crippen molar-refractivity contribution in [2.75, 3.05) is 19.3 Å². The molecule has 0 saturated carbocycles. The molecule has 1 fully saturated rings. The third-order valence-electron chi connectivity index (χ3n) is 2.56. The molecule has 0 aliphatic carbocycles. The van der Waals surface area contributed by atoms with Crippen LogP contribution in [0.3, 0.4) is 0 Å². The number of hydrogen-bond acceptors (Lipinski definition) is 3. The SMILES string of the molecule is CNC1(CN)CCSC1C. The first kappa shape index (κ1) is 8.37. The summed E-state index contributed by atoms with van der Waals surface area (Å²) in [4.78, 5) is 0. The molecular formula is C7H16N2S. The number of nitrogens with one attached hydrogen (secondary N) is 1. The highest BCUT2D eigenvalue weighted by Gasteiger charge is 2.37. The van der Waals surface area contributed by atoms with E-state index in [-0.39, 0.29) is 5.54 Å². The number of thioether (sulfide) groups is 1. The highest BCUT2D eigenvalue weighted by Crippen LogP contribution is 2.34. The topological polar surface area (TPSA) is 38.0 Å². The molecule has 0 spiro atoms.